The third kappa shape index (κ3) is 4.28. The summed E-state index contributed by atoms with van der Waals surface area (Å²) in [6.45, 7) is 7.64. The van der Waals surface area contributed by atoms with Crippen LogP contribution >= 0.6 is 0 Å². The quantitative estimate of drug-likeness (QED) is 0.514. The Kier molecular flexibility index (Phi) is 5.86. The van der Waals surface area contributed by atoms with E-state index < -0.39 is 5.60 Å². The van der Waals surface area contributed by atoms with Crippen molar-refractivity contribution in [2.24, 2.45) is 0 Å². The molecule has 2 bridgehead atoms. The van der Waals surface area contributed by atoms with Crippen LogP contribution in [0.3, 0.4) is 0 Å². The van der Waals surface area contributed by atoms with E-state index in [0.717, 1.165) is 23.8 Å². The molecule has 2 unspecified atom stereocenters. The summed E-state index contributed by atoms with van der Waals surface area (Å²) in [6, 6.07) is 7.46. The van der Waals surface area contributed by atoms with Gasteiger partial charge in [-0.25, -0.2) is 9.78 Å². The molecule has 5 heterocycles. The number of carbonyl (C=O) groups excluding carboxylic acids is 2. The Bertz CT molecular complexity index is 1440. The molecule has 2 fully saturated rings. The van der Waals surface area contributed by atoms with Gasteiger partial charge >= 0.3 is 6.09 Å². The molecule has 0 spiro atoms. The Morgan fingerprint density at radius 3 is 2.68 bits per heavy atom. The number of ketones is 1. The van der Waals surface area contributed by atoms with Crippen molar-refractivity contribution in [3.8, 4) is 11.5 Å². The van der Waals surface area contributed by atoms with E-state index in [-0.39, 0.29) is 29.7 Å². The summed E-state index contributed by atoms with van der Waals surface area (Å²) < 4.78 is 17.5. The van der Waals surface area contributed by atoms with Crippen LogP contribution in [0.15, 0.2) is 36.2 Å². The van der Waals surface area contributed by atoms with Gasteiger partial charge in [0.25, 0.3) is 0 Å². The van der Waals surface area contributed by atoms with Gasteiger partial charge in [-0.15, -0.1) is 0 Å². The van der Waals surface area contributed by atoms with Crippen molar-refractivity contribution >= 4 is 29.0 Å². The van der Waals surface area contributed by atoms with Crippen LogP contribution in [0.25, 0.3) is 17.1 Å². The number of likely N-dealkylation sites (tertiary alicyclic amines) is 1. The Labute approximate surface area is 220 Å². The molecule has 1 aromatic carbocycles. The monoisotopic (exact) mass is 517 g/mol. The molecule has 0 aliphatic carbocycles. The Balaban J connectivity index is 1.25. The molecule has 1 N–H and O–H groups in total. The number of pyridine rings is 1. The molecule has 1 amide bonds. The number of ether oxygens (including phenoxy) is 3. The molecule has 10 heteroatoms. The average molecular weight is 518 g/mol. The summed E-state index contributed by atoms with van der Waals surface area (Å²) in [5.41, 5.74) is 2.03. The van der Waals surface area contributed by atoms with Crippen LogP contribution in [0.2, 0.25) is 0 Å². The first-order chi connectivity index (χ1) is 18.2. The largest absolute Gasteiger partial charge is 0.496 e. The van der Waals surface area contributed by atoms with E-state index in [2.05, 4.69) is 20.1 Å². The van der Waals surface area contributed by atoms with Crippen LogP contribution in [0.5, 0.6) is 11.5 Å². The standard InChI is InChI=1S/C28H31N5O5/c1-28(2,3)38-27(35)33-16-7-8-17(33)14-32(13-16)15-20-22(36-4)10-9-19-24(34)23(37-25(19)20)12-21-18-6-5-11-29-26(18)31-30-21/h5-6,9-12,16-17H,7-8,13-15H2,1-4H3,(H,29,30,31)/b23-12-. The molecule has 0 radical (unpaired) electrons. The van der Waals surface area contributed by atoms with Gasteiger partial charge in [0.15, 0.2) is 11.4 Å². The van der Waals surface area contributed by atoms with E-state index in [1.54, 1.807) is 25.4 Å². The average Bonchev–Trinajstić information content (AvgIpc) is 3.51. The number of piperazine rings is 1. The molecule has 3 aliphatic heterocycles. The molecular formula is C28H31N5O5. The number of H-pyrrole nitrogens is 1. The van der Waals surface area contributed by atoms with Gasteiger partial charge in [0.1, 0.15) is 17.1 Å². The van der Waals surface area contributed by atoms with Crippen molar-refractivity contribution in [2.45, 2.75) is 57.8 Å². The van der Waals surface area contributed by atoms with Crippen LogP contribution in [-0.2, 0) is 11.3 Å². The maximum absolute atomic E-state index is 13.3. The van der Waals surface area contributed by atoms with E-state index in [1.807, 2.05) is 43.9 Å². The highest BCUT2D eigenvalue weighted by Crippen LogP contribution is 2.42. The lowest BCUT2D eigenvalue weighted by atomic mass is 10.0. The first-order valence-corrected chi connectivity index (χ1v) is 12.9. The number of methoxy groups -OCH3 is 1. The van der Waals surface area contributed by atoms with Crippen molar-refractivity contribution < 1.29 is 23.8 Å². The SMILES string of the molecule is COc1ccc2c(c1CN1CC3CCC(C1)N3C(=O)OC(C)(C)C)O/C(=C\c1n[nH]c3ncccc13)C2=O. The number of hydrogen-bond donors (Lipinski definition) is 1. The number of allylic oxidation sites excluding steroid dienone is 1. The van der Waals surface area contributed by atoms with E-state index in [4.69, 9.17) is 14.2 Å². The van der Waals surface area contributed by atoms with Gasteiger partial charge in [-0.3, -0.25) is 19.7 Å². The second kappa shape index (κ2) is 9.13. The van der Waals surface area contributed by atoms with Gasteiger partial charge in [0, 0.05) is 49.4 Å². The van der Waals surface area contributed by atoms with Crippen LogP contribution in [0.1, 0.15) is 55.2 Å². The van der Waals surface area contributed by atoms with Crippen LogP contribution < -0.4 is 9.47 Å². The molecule has 2 atom stereocenters. The number of nitrogens with zero attached hydrogens (tertiary/aromatic N) is 4. The van der Waals surface area contributed by atoms with Gasteiger partial charge in [0.05, 0.1) is 23.9 Å². The third-order valence-electron chi connectivity index (χ3n) is 7.30. The summed E-state index contributed by atoms with van der Waals surface area (Å²) in [4.78, 5) is 34.6. The van der Waals surface area contributed by atoms with Gasteiger partial charge in [-0.1, -0.05) is 0 Å². The summed E-state index contributed by atoms with van der Waals surface area (Å²) in [5.74, 6) is 1.19. The van der Waals surface area contributed by atoms with E-state index in [1.165, 1.54) is 0 Å². The molecule has 3 aliphatic rings. The lowest BCUT2D eigenvalue weighted by Crippen LogP contribution is -2.56. The van der Waals surface area contributed by atoms with E-state index in [9.17, 15) is 9.59 Å². The highest BCUT2D eigenvalue weighted by atomic mass is 16.6. The van der Waals surface area contributed by atoms with Gasteiger partial charge in [-0.05, 0) is 57.9 Å². The van der Waals surface area contributed by atoms with Crippen LogP contribution in [0, 0.1) is 0 Å². The van der Waals surface area contributed by atoms with Gasteiger partial charge in [-0.2, -0.15) is 5.10 Å². The molecule has 10 nitrogen and oxygen atoms in total. The summed E-state index contributed by atoms with van der Waals surface area (Å²) in [7, 11) is 1.62. The van der Waals surface area contributed by atoms with Crippen molar-refractivity contribution in [1.82, 2.24) is 25.0 Å². The molecule has 2 aromatic heterocycles. The molecule has 0 saturated carbocycles. The first kappa shape index (κ1) is 24.4. The maximum Gasteiger partial charge on any atom is 0.410 e. The molecular weight excluding hydrogens is 486 g/mol. The maximum atomic E-state index is 13.3. The van der Waals surface area contributed by atoms with Crippen molar-refractivity contribution in [2.75, 3.05) is 20.2 Å². The van der Waals surface area contributed by atoms with E-state index in [0.29, 0.717) is 48.0 Å². The van der Waals surface area contributed by atoms with Crippen molar-refractivity contribution in [1.29, 1.82) is 0 Å². The predicted octanol–water partition coefficient (Wildman–Crippen LogP) is 4.17. The fraction of sp³-hybridized carbons (Fsp3) is 0.429. The number of fused-ring (bicyclic) bond motifs is 4. The summed E-state index contributed by atoms with van der Waals surface area (Å²) in [6.07, 6.45) is 4.98. The van der Waals surface area contributed by atoms with E-state index >= 15 is 0 Å². The number of rotatable bonds is 4. The zero-order chi connectivity index (χ0) is 26.6. The minimum atomic E-state index is -0.528. The normalized spacial score (nSPS) is 22.2. The molecule has 2 saturated heterocycles. The van der Waals surface area contributed by atoms with Crippen LogP contribution in [0.4, 0.5) is 4.79 Å². The first-order valence-electron chi connectivity index (χ1n) is 12.9. The number of Topliss-reactive ketones (excluding diaryl/α,β-unsaturated/α-hetero) is 1. The molecule has 3 aromatic rings. The zero-order valence-corrected chi connectivity index (χ0v) is 22.0. The highest BCUT2D eigenvalue weighted by Gasteiger charge is 2.44. The van der Waals surface area contributed by atoms with Gasteiger partial charge < -0.3 is 14.2 Å². The number of carbonyl (C=O) groups is 2. The predicted molar refractivity (Wildman–Crippen MR) is 140 cm³/mol. The number of aromatic amines is 1. The number of hydrogen-bond acceptors (Lipinski definition) is 8. The molecule has 38 heavy (non-hydrogen) atoms. The highest BCUT2D eigenvalue weighted by molar-refractivity contribution is 6.15. The number of amides is 1. The van der Waals surface area contributed by atoms with Crippen molar-refractivity contribution in [3.05, 3.63) is 53.0 Å². The molecule has 6 rings (SSSR count). The minimum Gasteiger partial charge on any atom is -0.496 e. The lowest BCUT2D eigenvalue weighted by molar-refractivity contribution is -0.00559. The fourth-order valence-corrected chi connectivity index (χ4v) is 5.69. The smallest absolute Gasteiger partial charge is 0.410 e. The fourth-order valence-electron chi connectivity index (χ4n) is 5.69. The van der Waals surface area contributed by atoms with Crippen LogP contribution in [-0.4, -0.2) is 74.7 Å². The molecule has 198 valence electrons. The number of aromatic nitrogens is 3. The topological polar surface area (TPSA) is 110 Å². The Morgan fingerprint density at radius 2 is 1.97 bits per heavy atom. The Morgan fingerprint density at radius 1 is 1.21 bits per heavy atom. The number of benzene rings is 1. The second-order valence-electron chi connectivity index (χ2n) is 11.0. The number of nitrogens with one attached hydrogen (secondary N) is 1. The van der Waals surface area contributed by atoms with Crippen molar-refractivity contribution in [3.63, 3.8) is 0 Å². The zero-order valence-electron chi connectivity index (χ0n) is 22.0. The summed E-state index contributed by atoms with van der Waals surface area (Å²) in [5, 5.41) is 7.99. The summed E-state index contributed by atoms with van der Waals surface area (Å²) >= 11 is 0. The third-order valence-corrected chi connectivity index (χ3v) is 7.30. The minimum absolute atomic E-state index is 0.0888. The lowest BCUT2D eigenvalue weighted by Gasteiger charge is -2.41. The Hall–Kier alpha value is -3.92. The second-order valence-corrected chi connectivity index (χ2v) is 11.0. The van der Waals surface area contributed by atoms with Gasteiger partial charge in [0.2, 0.25) is 5.78 Å².